The molecular formula is C17H17NOS. The number of aliphatic hydroxyl groups excluding tert-OH is 1. The van der Waals surface area contributed by atoms with Gasteiger partial charge in [-0.25, -0.2) is 0 Å². The molecule has 0 bridgehead atoms. The summed E-state index contributed by atoms with van der Waals surface area (Å²) in [6, 6.07) is 13.9. The zero-order valence-electron chi connectivity index (χ0n) is 11.8. The zero-order valence-corrected chi connectivity index (χ0v) is 12.7. The Bertz CT molecular complexity index is 671. The van der Waals surface area contributed by atoms with Crippen molar-refractivity contribution in [3.63, 3.8) is 0 Å². The van der Waals surface area contributed by atoms with Crippen molar-refractivity contribution in [1.82, 2.24) is 0 Å². The van der Waals surface area contributed by atoms with Gasteiger partial charge < -0.3 is 5.11 Å². The van der Waals surface area contributed by atoms with E-state index in [-0.39, 0.29) is 0 Å². The van der Waals surface area contributed by atoms with Crippen molar-refractivity contribution in [3.8, 4) is 6.07 Å². The molecule has 0 radical (unpaired) electrons. The van der Waals surface area contributed by atoms with Crippen LogP contribution in [-0.2, 0) is 0 Å². The number of hydrogen-bond acceptors (Lipinski definition) is 3. The molecule has 0 saturated carbocycles. The maximum absolute atomic E-state index is 9.87. The average Bonchev–Trinajstić information content (AvgIpc) is 2.42. The van der Waals surface area contributed by atoms with Gasteiger partial charge in [0.1, 0.15) is 0 Å². The fourth-order valence-electron chi connectivity index (χ4n) is 1.97. The molecule has 3 heteroatoms. The molecule has 2 aromatic carbocycles. The van der Waals surface area contributed by atoms with Crippen molar-refractivity contribution in [2.75, 3.05) is 0 Å². The van der Waals surface area contributed by atoms with Crippen molar-refractivity contribution >= 4 is 11.8 Å². The maximum Gasteiger partial charge on any atom is 0.0992 e. The molecule has 0 aliphatic carbocycles. The fraction of sp³-hybridized carbons (Fsp3) is 0.235. The van der Waals surface area contributed by atoms with E-state index in [1.54, 1.807) is 24.8 Å². The molecule has 0 unspecified atom stereocenters. The van der Waals surface area contributed by atoms with E-state index in [2.05, 4.69) is 38.1 Å². The van der Waals surface area contributed by atoms with Gasteiger partial charge >= 0.3 is 0 Å². The monoisotopic (exact) mass is 283 g/mol. The molecule has 0 amide bonds. The van der Waals surface area contributed by atoms with E-state index >= 15 is 0 Å². The standard InChI is InChI=1S/C17H17NOS/c1-11-4-5-12(2)16(8-11)20-17-9-14(10-18)6-7-15(17)13(3)19/h4-9,13,19H,1-3H3/t13-/m0/s1. The molecule has 0 aliphatic heterocycles. The van der Waals surface area contributed by atoms with Crippen molar-refractivity contribution in [2.24, 2.45) is 0 Å². The summed E-state index contributed by atoms with van der Waals surface area (Å²) >= 11 is 1.60. The lowest BCUT2D eigenvalue weighted by Crippen LogP contribution is -1.95. The Morgan fingerprint density at radius 1 is 1.10 bits per heavy atom. The minimum Gasteiger partial charge on any atom is -0.389 e. The third kappa shape index (κ3) is 3.22. The van der Waals surface area contributed by atoms with Crippen LogP contribution < -0.4 is 0 Å². The van der Waals surface area contributed by atoms with E-state index in [9.17, 15) is 5.11 Å². The second-order valence-corrected chi connectivity index (χ2v) is 6.00. The molecule has 1 atom stereocenters. The summed E-state index contributed by atoms with van der Waals surface area (Å²) < 4.78 is 0. The highest BCUT2D eigenvalue weighted by molar-refractivity contribution is 7.99. The minimum absolute atomic E-state index is 0.546. The molecule has 0 spiro atoms. The van der Waals surface area contributed by atoms with Gasteiger partial charge in [-0.3, -0.25) is 0 Å². The number of aryl methyl sites for hydroxylation is 2. The van der Waals surface area contributed by atoms with Crippen LogP contribution in [0.2, 0.25) is 0 Å². The van der Waals surface area contributed by atoms with Crippen LogP contribution in [0.3, 0.4) is 0 Å². The van der Waals surface area contributed by atoms with Crippen molar-refractivity contribution in [1.29, 1.82) is 5.26 Å². The summed E-state index contributed by atoms with van der Waals surface area (Å²) in [6.45, 7) is 5.87. The van der Waals surface area contributed by atoms with E-state index in [1.807, 2.05) is 12.1 Å². The first-order valence-corrected chi connectivity index (χ1v) is 7.30. The fourth-order valence-corrected chi connectivity index (χ4v) is 3.23. The van der Waals surface area contributed by atoms with Gasteiger partial charge in [-0.1, -0.05) is 30.0 Å². The molecule has 2 nitrogen and oxygen atoms in total. The number of aliphatic hydroxyl groups is 1. The third-order valence-electron chi connectivity index (χ3n) is 3.16. The van der Waals surface area contributed by atoms with Crippen LogP contribution >= 0.6 is 11.8 Å². The smallest absolute Gasteiger partial charge is 0.0992 e. The molecule has 0 fully saturated rings. The first kappa shape index (κ1) is 14.6. The Balaban J connectivity index is 2.46. The van der Waals surface area contributed by atoms with E-state index < -0.39 is 6.10 Å². The lowest BCUT2D eigenvalue weighted by atomic mass is 10.1. The van der Waals surface area contributed by atoms with Crippen LogP contribution in [0.25, 0.3) is 0 Å². The summed E-state index contributed by atoms with van der Waals surface area (Å²) in [5.41, 5.74) is 3.87. The summed E-state index contributed by atoms with van der Waals surface area (Å²) in [5, 5.41) is 18.9. The van der Waals surface area contributed by atoms with E-state index in [1.165, 1.54) is 11.1 Å². The van der Waals surface area contributed by atoms with E-state index in [0.717, 1.165) is 15.4 Å². The predicted molar refractivity (Wildman–Crippen MR) is 81.8 cm³/mol. The number of rotatable bonds is 3. The zero-order chi connectivity index (χ0) is 14.7. The molecule has 2 aromatic rings. The van der Waals surface area contributed by atoms with Crippen molar-refractivity contribution < 1.29 is 5.11 Å². The quantitative estimate of drug-likeness (QED) is 0.909. The molecule has 0 aromatic heterocycles. The van der Waals surface area contributed by atoms with Crippen molar-refractivity contribution in [3.05, 3.63) is 58.7 Å². The van der Waals surface area contributed by atoms with Gasteiger partial charge in [0.2, 0.25) is 0 Å². The first-order chi connectivity index (χ1) is 9.51. The molecule has 0 saturated heterocycles. The second kappa shape index (κ2) is 6.13. The molecular weight excluding hydrogens is 266 g/mol. The molecule has 102 valence electrons. The van der Waals surface area contributed by atoms with Gasteiger partial charge in [0, 0.05) is 9.79 Å². The van der Waals surface area contributed by atoms with Crippen LogP contribution in [0.15, 0.2) is 46.2 Å². The maximum atomic E-state index is 9.87. The summed E-state index contributed by atoms with van der Waals surface area (Å²) in [6.07, 6.45) is -0.546. The summed E-state index contributed by atoms with van der Waals surface area (Å²) in [7, 11) is 0. The van der Waals surface area contributed by atoms with Crippen LogP contribution in [0.4, 0.5) is 0 Å². The van der Waals surface area contributed by atoms with Gasteiger partial charge in [0.15, 0.2) is 0 Å². The lowest BCUT2D eigenvalue weighted by molar-refractivity contribution is 0.196. The lowest BCUT2D eigenvalue weighted by Gasteiger charge is -2.13. The topological polar surface area (TPSA) is 44.0 Å². The van der Waals surface area contributed by atoms with Crippen LogP contribution in [0, 0.1) is 25.2 Å². The number of hydrogen-bond donors (Lipinski definition) is 1. The molecule has 2 rings (SSSR count). The van der Waals surface area contributed by atoms with Crippen LogP contribution in [0.5, 0.6) is 0 Å². The Morgan fingerprint density at radius 3 is 2.50 bits per heavy atom. The minimum atomic E-state index is -0.546. The van der Waals surface area contributed by atoms with Gasteiger partial charge in [-0.05, 0) is 55.7 Å². The summed E-state index contributed by atoms with van der Waals surface area (Å²) in [4.78, 5) is 2.09. The highest BCUT2D eigenvalue weighted by atomic mass is 32.2. The highest BCUT2D eigenvalue weighted by Crippen LogP contribution is 2.36. The third-order valence-corrected chi connectivity index (χ3v) is 4.39. The molecule has 0 heterocycles. The average molecular weight is 283 g/mol. The number of nitrogens with zero attached hydrogens (tertiary/aromatic N) is 1. The van der Waals surface area contributed by atoms with Gasteiger partial charge in [-0.2, -0.15) is 5.26 Å². The second-order valence-electron chi connectivity index (χ2n) is 4.91. The molecule has 0 aliphatic rings. The Labute approximate surface area is 124 Å². The SMILES string of the molecule is Cc1ccc(C)c(Sc2cc(C#N)ccc2[C@H](C)O)c1. The van der Waals surface area contributed by atoms with E-state index in [4.69, 9.17) is 5.26 Å². The Morgan fingerprint density at radius 2 is 1.85 bits per heavy atom. The Hall–Kier alpha value is -1.76. The van der Waals surface area contributed by atoms with Gasteiger partial charge in [-0.15, -0.1) is 0 Å². The number of benzene rings is 2. The largest absolute Gasteiger partial charge is 0.389 e. The summed E-state index contributed by atoms with van der Waals surface area (Å²) in [5.74, 6) is 0. The van der Waals surface area contributed by atoms with Gasteiger partial charge in [0.25, 0.3) is 0 Å². The van der Waals surface area contributed by atoms with Crippen molar-refractivity contribution in [2.45, 2.75) is 36.7 Å². The van der Waals surface area contributed by atoms with Crippen LogP contribution in [-0.4, -0.2) is 5.11 Å². The molecule has 1 N–H and O–H groups in total. The predicted octanol–water partition coefficient (Wildman–Crippen LogP) is 4.38. The normalized spacial score (nSPS) is 11.9. The molecule has 20 heavy (non-hydrogen) atoms. The van der Waals surface area contributed by atoms with Gasteiger partial charge in [0.05, 0.1) is 17.7 Å². The van der Waals surface area contributed by atoms with Crippen LogP contribution in [0.1, 0.15) is 35.3 Å². The highest BCUT2D eigenvalue weighted by Gasteiger charge is 2.11. The number of nitriles is 1. The Kier molecular flexibility index (Phi) is 4.49. The first-order valence-electron chi connectivity index (χ1n) is 6.48. The van der Waals surface area contributed by atoms with E-state index in [0.29, 0.717) is 5.56 Å².